The summed E-state index contributed by atoms with van der Waals surface area (Å²) in [5.74, 6) is 2.82. The molecule has 0 saturated carbocycles. The summed E-state index contributed by atoms with van der Waals surface area (Å²) in [6.07, 6.45) is 0. The monoisotopic (exact) mass is 293 g/mol. The molecule has 1 rings (SSSR count). The van der Waals surface area contributed by atoms with Crippen molar-refractivity contribution in [2.24, 2.45) is 10.9 Å². The van der Waals surface area contributed by atoms with Gasteiger partial charge in [0.15, 0.2) is 17.5 Å². The third-order valence-electron chi connectivity index (χ3n) is 2.94. The molecule has 0 aliphatic carbocycles. The Labute approximate surface area is 128 Å². The van der Waals surface area contributed by atoms with Crippen LogP contribution in [0.1, 0.15) is 6.92 Å². The highest BCUT2D eigenvalue weighted by Crippen LogP contribution is 2.26. The molecule has 0 aliphatic heterocycles. The Bertz CT molecular complexity index is 449. The number of aliphatic imine (C=N–C) groups is 1. The van der Waals surface area contributed by atoms with Gasteiger partial charge >= 0.3 is 0 Å². The Morgan fingerprint density at radius 1 is 1.10 bits per heavy atom. The molecule has 0 aliphatic rings. The highest BCUT2D eigenvalue weighted by molar-refractivity contribution is 5.79. The summed E-state index contributed by atoms with van der Waals surface area (Å²) < 4.78 is 11.1. The minimum absolute atomic E-state index is 0.324. The van der Waals surface area contributed by atoms with Crippen molar-refractivity contribution < 1.29 is 9.47 Å². The number of hydrogen-bond acceptors (Lipinski definition) is 3. The lowest BCUT2D eigenvalue weighted by molar-refractivity contribution is 0.250. The van der Waals surface area contributed by atoms with E-state index in [1.165, 1.54) is 0 Å². The molecule has 21 heavy (non-hydrogen) atoms. The number of rotatable bonds is 6. The number of ether oxygens (including phenoxy) is 2. The van der Waals surface area contributed by atoms with E-state index < -0.39 is 0 Å². The van der Waals surface area contributed by atoms with Crippen LogP contribution in [0.4, 0.5) is 0 Å². The minimum Gasteiger partial charge on any atom is -0.493 e. The fraction of sp³-hybridized carbons (Fsp3) is 0.562. The number of nitrogens with zero attached hydrogens (tertiary/aromatic N) is 3. The number of hydrogen-bond donors (Lipinski definition) is 0. The Morgan fingerprint density at radius 2 is 1.67 bits per heavy atom. The molecule has 0 fully saturated rings. The molecule has 1 unspecified atom stereocenters. The van der Waals surface area contributed by atoms with Crippen molar-refractivity contribution in [3.05, 3.63) is 24.3 Å². The van der Waals surface area contributed by atoms with E-state index in [2.05, 4.69) is 11.9 Å². The first-order valence-electron chi connectivity index (χ1n) is 7.10. The molecule has 118 valence electrons. The average molecular weight is 293 g/mol. The van der Waals surface area contributed by atoms with Crippen molar-refractivity contribution in [2.45, 2.75) is 6.92 Å². The Kier molecular flexibility index (Phi) is 6.85. The lowest BCUT2D eigenvalue weighted by Gasteiger charge is -2.23. The number of benzene rings is 1. The van der Waals surface area contributed by atoms with Crippen molar-refractivity contribution in [3.63, 3.8) is 0 Å². The zero-order valence-electron chi connectivity index (χ0n) is 14.0. The first-order valence-corrected chi connectivity index (χ1v) is 7.10. The van der Waals surface area contributed by atoms with E-state index in [9.17, 15) is 0 Å². The van der Waals surface area contributed by atoms with Crippen LogP contribution in [0.5, 0.6) is 11.5 Å². The van der Waals surface area contributed by atoms with Crippen LogP contribution in [0, 0.1) is 5.92 Å². The van der Waals surface area contributed by atoms with Gasteiger partial charge in [0.2, 0.25) is 0 Å². The van der Waals surface area contributed by atoms with Gasteiger partial charge in [-0.15, -0.1) is 0 Å². The maximum Gasteiger partial charge on any atom is 0.195 e. The van der Waals surface area contributed by atoms with E-state index in [4.69, 9.17) is 9.47 Å². The van der Waals surface area contributed by atoms with Gasteiger partial charge in [0.1, 0.15) is 0 Å². The molecule has 5 heteroatoms. The van der Waals surface area contributed by atoms with Gasteiger partial charge in [-0.1, -0.05) is 19.1 Å². The number of methoxy groups -OCH3 is 1. The van der Waals surface area contributed by atoms with Gasteiger partial charge in [-0.3, -0.25) is 4.99 Å². The second-order valence-electron chi connectivity index (χ2n) is 5.50. The Hall–Kier alpha value is -1.91. The van der Waals surface area contributed by atoms with Crippen LogP contribution in [0.3, 0.4) is 0 Å². The Morgan fingerprint density at radius 3 is 2.19 bits per heavy atom. The zero-order chi connectivity index (χ0) is 15.8. The van der Waals surface area contributed by atoms with Crippen LogP contribution >= 0.6 is 0 Å². The van der Waals surface area contributed by atoms with Crippen LogP contribution in [0.25, 0.3) is 0 Å². The summed E-state index contributed by atoms with van der Waals surface area (Å²) in [5, 5.41) is 0. The summed E-state index contributed by atoms with van der Waals surface area (Å²) in [6.45, 7) is 3.46. The van der Waals surface area contributed by atoms with Crippen LogP contribution in [0.2, 0.25) is 0 Å². The van der Waals surface area contributed by atoms with E-state index in [0.717, 1.165) is 24.0 Å². The summed E-state index contributed by atoms with van der Waals surface area (Å²) in [6, 6.07) is 7.69. The molecule has 0 N–H and O–H groups in total. The normalized spacial score (nSPS) is 11.5. The number of para-hydroxylation sites is 2. The van der Waals surface area contributed by atoms with Gasteiger partial charge in [0.05, 0.1) is 13.7 Å². The van der Waals surface area contributed by atoms with Crippen molar-refractivity contribution in [3.8, 4) is 11.5 Å². The van der Waals surface area contributed by atoms with Gasteiger partial charge < -0.3 is 19.3 Å². The van der Waals surface area contributed by atoms with Gasteiger partial charge in [0, 0.05) is 40.7 Å². The molecule has 0 spiro atoms. The summed E-state index contributed by atoms with van der Waals surface area (Å²) in [5.41, 5.74) is 0. The average Bonchev–Trinajstić information content (AvgIpc) is 2.44. The fourth-order valence-corrected chi connectivity index (χ4v) is 1.94. The molecule has 0 bridgehead atoms. The van der Waals surface area contributed by atoms with Gasteiger partial charge in [-0.05, 0) is 12.1 Å². The van der Waals surface area contributed by atoms with Crippen molar-refractivity contribution >= 4 is 5.96 Å². The highest BCUT2D eigenvalue weighted by Gasteiger charge is 2.09. The lowest BCUT2D eigenvalue weighted by atomic mass is 10.2. The molecule has 0 saturated heterocycles. The van der Waals surface area contributed by atoms with Crippen LogP contribution < -0.4 is 9.47 Å². The predicted octanol–water partition coefficient (Wildman–Crippen LogP) is 2.19. The van der Waals surface area contributed by atoms with E-state index >= 15 is 0 Å². The van der Waals surface area contributed by atoms with Gasteiger partial charge in [-0.25, -0.2) is 0 Å². The van der Waals surface area contributed by atoms with Crippen LogP contribution in [0.15, 0.2) is 29.3 Å². The zero-order valence-corrected chi connectivity index (χ0v) is 14.0. The molecule has 0 radical (unpaired) electrons. The van der Waals surface area contributed by atoms with Crippen molar-refractivity contribution in [1.29, 1.82) is 0 Å². The highest BCUT2D eigenvalue weighted by atomic mass is 16.5. The third-order valence-corrected chi connectivity index (χ3v) is 2.94. The van der Waals surface area contributed by atoms with Gasteiger partial charge in [0.25, 0.3) is 0 Å². The summed E-state index contributed by atoms with van der Waals surface area (Å²) >= 11 is 0. The number of guanidine groups is 1. The third kappa shape index (κ3) is 5.53. The van der Waals surface area contributed by atoms with E-state index in [1.54, 1.807) is 7.11 Å². The first kappa shape index (κ1) is 17.1. The molecular formula is C16H27N3O2. The standard InChI is InChI=1S/C16H27N3O2/c1-13(11-17-16(18(2)3)19(4)5)12-21-15-10-8-7-9-14(15)20-6/h7-10,13H,11-12H2,1-6H3. The minimum atomic E-state index is 0.324. The summed E-state index contributed by atoms with van der Waals surface area (Å²) in [7, 11) is 9.63. The lowest BCUT2D eigenvalue weighted by Crippen LogP contribution is -2.36. The molecule has 0 amide bonds. The first-order chi connectivity index (χ1) is 9.95. The second-order valence-corrected chi connectivity index (χ2v) is 5.50. The molecule has 0 aromatic heterocycles. The molecule has 1 atom stereocenters. The largest absolute Gasteiger partial charge is 0.493 e. The van der Waals surface area contributed by atoms with E-state index in [1.807, 2.05) is 62.3 Å². The molecule has 5 nitrogen and oxygen atoms in total. The van der Waals surface area contributed by atoms with Crippen molar-refractivity contribution in [1.82, 2.24) is 9.80 Å². The van der Waals surface area contributed by atoms with E-state index in [-0.39, 0.29) is 0 Å². The summed E-state index contributed by atoms with van der Waals surface area (Å²) in [4.78, 5) is 8.65. The van der Waals surface area contributed by atoms with Gasteiger partial charge in [-0.2, -0.15) is 0 Å². The second kappa shape index (κ2) is 8.39. The Balaban J connectivity index is 2.54. The van der Waals surface area contributed by atoms with Crippen molar-refractivity contribution in [2.75, 3.05) is 48.5 Å². The molecule has 1 aromatic carbocycles. The topological polar surface area (TPSA) is 37.3 Å². The smallest absolute Gasteiger partial charge is 0.195 e. The predicted molar refractivity (Wildman–Crippen MR) is 87.3 cm³/mol. The molecule has 0 heterocycles. The van der Waals surface area contributed by atoms with Crippen LogP contribution in [-0.4, -0.2) is 64.2 Å². The SMILES string of the molecule is COc1ccccc1OCC(C)CN=C(N(C)C)N(C)C. The maximum atomic E-state index is 5.82. The molecule has 1 aromatic rings. The molecular weight excluding hydrogens is 266 g/mol. The van der Waals surface area contributed by atoms with Crippen LogP contribution in [-0.2, 0) is 0 Å². The van der Waals surface area contributed by atoms with E-state index in [0.29, 0.717) is 12.5 Å². The quantitative estimate of drug-likeness (QED) is 0.595. The fourth-order valence-electron chi connectivity index (χ4n) is 1.94. The maximum absolute atomic E-state index is 5.82.